The number of amides is 1. The van der Waals surface area contributed by atoms with Crippen molar-refractivity contribution >= 4 is 17.2 Å². The number of nitrogens with zero attached hydrogens (tertiary/aromatic N) is 5. The molecule has 7 nitrogen and oxygen atoms in total. The molecule has 1 fully saturated rings. The molecule has 4 heterocycles. The summed E-state index contributed by atoms with van der Waals surface area (Å²) in [7, 11) is 0. The first kappa shape index (κ1) is 15.7. The molecule has 24 heavy (non-hydrogen) atoms. The van der Waals surface area contributed by atoms with Crippen molar-refractivity contribution in [2.24, 2.45) is 0 Å². The second-order valence-electron chi connectivity index (χ2n) is 6.21. The highest BCUT2D eigenvalue weighted by atomic mass is 32.1. The Bertz CT molecular complexity index is 680. The molecule has 4 rings (SSSR count). The van der Waals surface area contributed by atoms with Crippen LogP contribution in [-0.2, 0) is 22.6 Å². The van der Waals surface area contributed by atoms with Gasteiger partial charge in [0.1, 0.15) is 5.01 Å². The van der Waals surface area contributed by atoms with Crippen molar-refractivity contribution < 1.29 is 9.53 Å². The number of aromatic nitrogens is 3. The lowest BCUT2D eigenvalue weighted by Crippen LogP contribution is -2.44. The van der Waals surface area contributed by atoms with E-state index in [1.807, 2.05) is 33.4 Å². The minimum Gasteiger partial charge on any atom is -0.378 e. The van der Waals surface area contributed by atoms with E-state index >= 15 is 0 Å². The zero-order valence-corrected chi connectivity index (χ0v) is 14.3. The third-order valence-corrected chi connectivity index (χ3v) is 5.33. The molecule has 0 aliphatic carbocycles. The first-order valence-electron chi connectivity index (χ1n) is 8.28. The average Bonchev–Trinajstić information content (AvgIpc) is 3.27. The van der Waals surface area contributed by atoms with Gasteiger partial charge in [-0.05, 0) is 6.07 Å². The fourth-order valence-electron chi connectivity index (χ4n) is 3.40. The second-order valence-corrected chi connectivity index (χ2v) is 7.19. The van der Waals surface area contributed by atoms with E-state index in [1.54, 1.807) is 11.3 Å². The van der Waals surface area contributed by atoms with Gasteiger partial charge in [-0.1, -0.05) is 0 Å². The molecule has 0 bridgehead atoms. The summed E-state index contributed by atoms with van der Waals surface area (Å²) in [5.74, 6) is 0.195. The van der Waals surface area contributed by atoms with Gasteiger partial charge >= 0.3 is 0 Å². The maximum atomic E-state index is 12.6. The number of hydrogen-bond acceptors (Lipinski definition) is 6. The van der Waals surface area contributed by atoms with Crippen LogP contribution in [0.2, 0.25) is 0 Å². The Labute approximate surface area is 144 Å². The van der Waals surface area contributed by atoms with E-state index < -0.39 is 0 Å². The maximum absolute atomic E-state index is 12.6. The van der Waals surface area contributed by atoms with E-state index in [0.29, 0.717) is 32.7 Å². The summed E-state index contributed by atoms with van der Waals surface area (Å²) in [6.07, 6.45) is 4.16. The van der Waals surface area contributed by atoms with Crippen LogP contribution < -0.4 is 0 Å². The predicted octanol–water partition coefficient (Wildman–Crippen LogP) is 1.15. The Morgan fingerprint density at radius 2 is 2.21 bits per heavy atom. The van der Waals surface area contributed by atoms with Crippen LogP contribution >= 0.6 is 11.3 Å². The first-order chi connectivity index (χ1) is 11.8. The quantitative estimate of drug-likeness (QED) is 0.830. The number of carbonyl (C=O) groups excluding carboxylic acids is 1. The minimum absolute atomic E-state index is 0.0825. The number of rotatable bonds is 4. The molecule has 8 heteroatoms. The minimum atomic E-state index is 0.0825. The lowest BCUT2D eigenvalue weighted by molar-refractivity contribution is -0.136. The molecule has 2 aromatic rings. The molecule has 0 spiro atoms. The monoisotopic (exact) mass is 347 g/mol. The van der Waals surface area contributed by atoms with Gasteiger partial charge in [-0.2, -0.15) is 5.10 Å². The molecule has 0 N–H and O–H groups in total. The van der Waals surface area contributed by atoms with Gasteiger partial charge in [0, 0.05) is 44.0 Å². The number of hydrogen-bond donors (Lipinski definition) is 0. The SMILES string of the molecule is O=C(CC1CN(Cc2nccs2)Cc2ccnn21)N1CCOCC1. The van der Waals surface area contributed by atoms with Gasteiger partial charge in [-0.15, -0.1) is 11.3 Å². The Kier molecular flexibility index (Phi) is 4.59. The molecule has 0 aromatic carbocycles. The summed E-state index contributed by atoms with van der Waals surface area (Å²) < 4.78 is 7.36. The molecule has 128 valence electrons. The van der Waals surface area contributed by atoms with Gasteiger partial charge < -0.3 is 9.64 Å². The fourth-order valence-corrected chi connectivity index (χ4v) is 4.06. The zero-order chi connectivity index (χ0) is 16.4. The van der Waals surface area contributed by atoms with Gasteiger partial charge in [0.05, 0.1) is 37.9 Å². The van der Waals surface area contributed by atoms with Crippen LogP contribution in [0.25, 0.3) is 0 Å². The van der Waals surface area contributed by atoms with Crippen molar-refractivity contribution in [2.75, 3.05) is 32.8 Å². The van der Waals surface area contributed by atoms with Crippen molar-refractivity contribution in [3.63, 3.8) is 0 Å². The molecule has 0 radical (unpaired) electrons. The zero-order valence-electron chi connectivity index (χ0n) is 13.5. The number of thiazole rings is 1. The third-order valence-electron chi connectivity index (χ3n) is 4.57. The summed E-state index contributed by atoms with van der Waals surface area (Å²) in [5.41, 5.74) is 1.16. The third kappa shape index (κ3) is 3.35. The van der Waals surface area contributed by atoms with E-state index in [1.165, 1.54) is 0 Å². The molecule has 0 saturated carbocycles. The van der Waals surface area contributed by atoms with Gasteiger partial charge in [0.25, 0.3) is 0 Å². The summed E-state index contributed by atoms with van der Waals surface area (Å²) >= 11 is 1.67. The summed E-state index contributed by atoms with van der Waals surface area (Å²) in [4.78, 5) is 21.3. The highest BCUT2D eigenvalue weighted by Crippen LogP contribution is 2.25. The highest BCUT2D eigenvalue weighted by molar-refractivity contribution is 7.09. The molecule has 1 saturated heterocycles. The molecule has 2 aromatic heterocycles. The largest absolute Gasteiger partial charge is 0.378 e. The van der Waals surface area contributed by atoms with E-state index in [4.69, 9.17) is 4.74 Å². The van der Waals surface area contributed by atoms with Crippen molar-refractivity contribution in [3.8, 4) is 0 Å². The van der Waals surface area contributed by atoms with Crippen LogP contribution in [0.1, 0.15) is 23.2 Å². The first-order valence-corrected chi connectivity index (χ1v) is 9.16. The number of ether oxygens (including phenoxy) is 1. The predicted molar refractivity (Wildman–Crippen MR) is 89.5 cm³/mol. The molecule has 2 aliphatic heterocycles. The van der Waals surface area contributed by atoms with Crippen molar-refractivity contribution in [2.45, 2.75) is 25.6 Å². The van der Waals surface area contributed by atoms with Crippen LogP contribution in [0.3, 0.4) is 0 Å². The lowest BCUT2D eigenvalue weighted by Gasteiger charge is -2.35. The summed E-state index contributed by atoms with van der Waals surface area (Å²) in [5, 5.41) is 7.56. The van der Waals surface area contributed by atoms with Gasteiger partial charge in [-0.3, -0.25) is 14.4 Å². The smallest absolute Gasteiger partial charge is 0.224 e. The Morgan fingerprint density at radius 3 is 3.00 bits per heavy atom. The van der Waals surface area contributed by atoms with Crippen LogP contribution in [-0.4, -0.2) is 63.3 Å². The second kappa shape index (κ2) is 7.00. The van der Waals surface area contributed by atoms with E-state index in [-0.39, 0.29) is 11.9 Å². The lowest BCUT2D eigenvalue weighted by atomic mass is 10.1. The van der Waals surface area contributed by atoms with Gasteiger partial charge in [0.2, 0.25) is 5.91 Å². The Hall–Kier alpha value is -1.77. The van der Waals surface area contributed by atoms with E-state index in [2.05, 4.69) is 15.0 Å². The maximum Gasteiger partial charge on any atom is 0.224 e. The normalized spacial score (nSPS) is 21.7. The van der Waals surface area contributed by atoms with E-state index in [0.717, 1.165) is 30.3 Å². The standard InChI is InChI=1S/C16H21N5O2S/c22-16(20-4-6-23-7-5-20)9-14-11-19(12-15-17-3-8-24-15)10-13-1-2-18-21(13)14/h1-3,8,14H,4-7,9-12H2. The Balaban J connectivity index is 1.46. The topological polar surface area (TPSA) is 63.5 Å². The summed E-state index contributed by atoms with van der Waals surface area (Å²) in [6, 6.07) is 2.12. The van der Waals surface area contributed by atoms with Crippen LogP contribution in [0, 0.1) is 0 Å². The molecule has 1 unspecified atom stereocenters. The van der Waals surface area contributed by atoms with Crippen molar-refractivity contribution in [3.05, 3.63) is 34.5 Å². The number of carbonyl (C=O) groups is 1. The fraction of sp³-hybridized carbons (Fsp3) is 0.562. The summed E-state index contributed by atoms with van der Waals surface area (Å²) in [6.45, 7) is 5.16. The number of fused-ring (bicyclic) bond motifs is 1. The average molecular weight is 347 g/mol. The van der Waals surface area contributed by atoms with Gasteiger partial charge in [-0.25, -0.2) is 4.98 Å². The number of morpholine rings is 1. The van der Waals surface area contributed by atoms with Crippen molar-refractivity contribution in [1.29, 1.82) is 0 Å². The van der Waals surface area contributed by atoms with Crippen LogP contribution in [0.4, 0.5) is 0 Å². The van der Waals surface area contributed by atoms with E-state index in [9.17, 15) is 4.79 Å². The van der Waals surface area contributed by atoms with Gasteiger partial charge in [0.15, 0.2) is 0 Å². The molecule has 1 amide bonds. The Morgan fingerprint density at radius 1 is 1.33 bits per heavy atom. The van der Waals surface area contributed by atoms with Crippen LogP contribution in [0.5, 0.6) is 0 Å². The molecule has 1 atom stereocenters. The molecular weight excluding hydrogens is 326 g/mol. The molecule has 2 aliphatic rings. The molecular formula is C16H21N5O2S. The highest BCUT2D eigenvalue weighted by Gasteiger charge is 2.29. The van der Waals surface area contributed by atoms with Crippen LogP contribution in [0.15, 0.2) is 23.8 Å². The van der Waals surface area contributed by atoms with Crippen molar-refractivity contribution in [1.82, 2.24) is 24.6 Å².